The Labute approximate surface area is 143 Å². The van der Waals surface area contributed by atoms with Crippen LogP contribution in [0.4, 0.5) is 0 Å². The number of hydrogen-bond acceptors (Lipinski definition) is 4. The van der Waals surface area contributed by atoms with Crippen LogP contribution in [0.15, 0.2) is 42.7 Å². The molecule has 0 aliphatic carbocycles. The molecule has 0 fully saturated rings. The van der Waals surface area contributed by atoms with Crippen molar-refractivity contribution in [2.24, 2.45) is 0 Å². The second-order valence-corrected chi connectivity index (χ2v) is 6.25. The number of hydrogen-bond donors (Lipinski definition) is 0. The Hall–Kier alpha value is -2.46. The number of nitrogens with zero attached hydrogens (tertiary/aromatic N) is 3. The third-order valence-electron chi connectivity index (χ3n) is 4.27. The number of pyridine rings is 2. The van der Waals surface area contributed by atoms with Crippen molar-refractivity contribution in [2.45, 2.75) is 26.9 Å². The van der Waals surface area contributed by atoms with Gasteiger partial charge in [-0.05, 0) is 38.6 Å². The lowest BCUT2D eigenvalue weighted by atomic mass is 10.1. The molecule has 4 heteroatoms. The Bertz CT molecular complexity index is 861. The van der Waals surface area contributed by atoms with Crippen molar-refractivity contribution in [1.82, 2.24) is 14.9 Å². The van der Waals surface area contributed by atoms with E-state index in [1.807, 2.05) is 37.5 Å². The zero-order valence-corrected chi connectivity index (χ0v) is 14.7. The first-order valence-electron chi connectivity index (χ1n) is 8.09. The number of rotatable bonds is 5. The lowest BCUT2D eigenvalue weighted by Gasteiger charge is -2.19. The zero-order chi connectivity index (χ0) is 17.1. The highest BCUT2D eigenvalue weighted by Crippen LogP contribution is 2.25. The van der Waals surface area contributed by atoms with E-state index in [-0.39, 0.29) is 0 Å². The lowest BCUT2D eigenvalue weighted by molar-refractivity contribution is 0.312. The van der Waals surface area contributed by atoms with Crippen molar-refractivity contribution in [2.75, 3.05) is 14.2 Å². The Morgan fingerprint density at radius 1 is 1.04 bits per heavy atom. The van der Waals surface area contributed by atoms with Gasteiger partial charge >= 0.3 is 0 Å². The van der Waals surface area contributed by atoms with Crippen LogP contribution in [0, 0.1) is 13.8 Å². The summed E-state index contributed by atoms with van der Waals surface area (Å²) in [6, 6.07) is 10.4. The van der Waals surface area contributed by atoms with Crippen molar-refractivity contribution in [1.29, 1.82) is 0 Å². The van der Waals surface area contributed by atoms with Gasteiger partial charge in [0.2, 0.25) is 0 Å². The molecule has 0 radical (unpaired) electrons. The number of benzene rings is 1. The highest BCUT2D eigenvalue weighted by Gasteiger charge is 2.12. The van der Waals surface area contributed by atoms with Gasteiger partial charge in [-0.1, -0.05) is 18.2 Å². The Morgan fingerprint density at radius 2 is 1.83 bits per heavy atom. The van der Waals surface area contributed by atoms with Gasteiger partial charge in [0.25, 0.3) is 0 Å². The van der Waals surface area contributed by atoms with Crippen LogP contribution >= 0.6 is 0 Å². The van der Waals surface area contributed by atoms with E-state index in [0.29, 0.717) is 0 Å². The topological polar surface area (TPSA) is 38.2 Å². The minimum absolute atomic E-state index is 0.773. The van der Waals surface area contributed by atoms with Crippen molar-refractivity contribution >= 4 is 10.9 Å². The minimum atomic E-state index is 0.773. The predicted octanol–water partition coefficient (Wildman–Crippen LogP) is 3.89. The predicted molar refractivity (Wildman–Crippen MR) is 97.2 cm³/mol. The molecule has 2 aromatic heterocycles. The fourth-order valence-corrected chi connectivity index (χ4v) is 3.06. The first-order chi connectivity index (χ1) is 11.6. The van der Waals surface area contributed by atoms with Crippen molar-refractivity contribution in [3.63, 3.8) is 0 Å². The van der Waals surface area contributed by atoms with E-state index < -0.39 is 0 Å². The van der Waals surface area contributed by atoms with Crippen molar-refractivity contribution in [3.05, 3.63) is 65.1 Å². The van der Waals surface area contributed by atoms with E-state index >= 15 is 0 Å². The lowest BCUT2D eigenvalue weighted by Crippen LogP contribution is -2.19. The second kappa shape index (κ2) is 6.97. The van der Waals surface area contributed by atoms with Gasteiger partial charge in [-0.15, -0.1) is 0 Å². The van der Waals surface area contributed by atoms with E-state index in [9.17, 15) is 0 Å². The van der Waals surface area contributed by atoms with Crippen molar-refractivity contribution in [3.8, 4) is 5.75 Å². The fourth-order valence-electron chi connectivity index (χ4n) is 3.06. The van der Waals surface area contributed by atoms with Crippen LogP contribution in [-0.2, 0) is 13.1 Å². The Balaban J connectivity index is 1.76. The SMILES string of the molecule is COc1c(C)cnc(CN(C)Cc2cnc3ccccc3c2)c1C. The van der Waals surface area contributed by atoms with Crippen LogP contribution in [0.25, 0.3) is 10.9 Å². The number of aryl methyl sites for hydroxylation is 1. The number of aromatic nitrogens is 2. The summed E-state index contributed by atoms with van der Waals surface area (Å²) >= 11 is 0. The molecular weight excluding hydrogens is 298 g/mol. The number of fused-ring (bicyclic) bond motifs is 1. The van der Waals surface area contributed by atoms with Crippen LogP contribution in [-0.4, -0.2) is 29.0 Å². The fraction of sp³-hybridized carbons (Fsp3) is 0.300. The maximum Gasteiger partial charge on any atom is 0.128 e. The molecule has 0 atom stereocenters. The molecule has 1 aromatic carbocycles. The van der Waals surface area contributed by atoms with E-state index in [4.69, 9.17) is 4.74 Å². The van der Waals surface area contributed by atoms with Gasteiger partial charge in [0, 0.05) is 42.0 Å². The average Bonchev–Trinajstić information content (AvgIpc) is 2.58. The molecule has 0 unspecified atom stereocenters. The molecule has 0 N–H and O–H groups in total. The molecule has 124 valence electrons. The quantitative estimate of drug-likeness (QED) is 0.714. The summed E-state index contributed by atoms with van der Waals surface area (Å²) in [6.07, 6.45) is 3.83. The standard InChI is InChI=1S/C20H23N3O/c1-14-10-21-19(15(2)20(14)24-4)13-23(3)12-16-9-17-7-5-6-8-18(17)22-11-16/h5-11H,12-13H2,1-4H3. The Kier molecular flexibility index (Phi) is 4.76. The molecular formula is C20H23N3O. The molecule has 2 heterocycles. The number of ether oxygens (including phenoxy) is 1. The third-order valence-corrected chi connectivity index (χ3v) is 4.27. The summed E-state index contributed by atoms with van der Waals surface area (Å²) in [7, 11) is 3.81. The molecule has 24 heavy (non-hydrogen) atoms. The highest BCUT2D eigenvalue weighted by molar-refractivity contribution is 5.78. The van der Waals surface area contributed by atoms with Crippen LogP contribution in [0.2, 0.25) is 0 Å². The van der Waals surface area contributed by atoms with E-state index in [2.05, 4.69) is 41.0 Å². The summed E-state index contributed by atoms with van der Waals surface area (Å²) in [4.78, 5) is 11.4. The summed E-state index contributed by atoms with van der Waals surface area (Å²) < 4.78 is 5.50. The maximum absolute atomic E-state index is 5.50. The molecule has 0 saturated heterocycles. The van der Waals surface area contributed by atoms with Crippen LogP contribution in [0.3, 0.4) is 0 Å². The van der Waals surface area contributed by atoms with Crippen LogP contribution < -0.4 is 4.74 Å². The van der Waals surface area contributed by atoms with E-state index in [1.165, 1.54) is 10.9 Å². The van der Waals surface area contributed by atoms with Crippen molar-refractivity contribution < 1.29 is 4.74 Å². The number of methoxy groups -OCH3 is 1. The highest BCUT2D eigenvalue weighted by atomic mass is 16.5. The van der Waals surface area contributed by atoms with Gasteiger partial charge in [0.05, 0.1) is 18.3 Å². The second-order valence-electron chi connectivity index (χ2n) is 6.25. The molecule has 0 amide bonds. The smallest absolute Gasteiger partial charge is 0.128 e. The summed E-state index contributed by atoms with van der Waals surface area (Å²) in [5.74, 6) is 0.931. The maximum atomic E-state index is 5.50. The van der Waals surface area contributed by atoms with Crippen LogP contribution in [0.1, 0.15) is 22.4 Å². The van der Waals surface area contributed by atoms with Gasteiger partial charge in [-0.25, -0.2) is 0 Å². The van der Waals surface area contributed by atoms with Gasteiger partial charge in [-0.3, -0.25) is 14.9 Å². The minimum Gasteiger partial charge on any atom is -0.496 e. The summed E-state index contributed by atoms with van der Waals surface area (Å²) in [5, 5.41) is 1.18. The monoisotopic (exact) mass is 321 g/mol. The normalized spacial score (nSPS) is 11.2. The molecule has 3 rings (SSSR count). The summed E-state index contributed by atoms with van der Waals surface area (Å²) in [5.41, 5.74) is 5.47. The Morgan fingerprint density at radius 3 is 2.62 bits per heavy atom. The third kappa shape index (κ3) is 3.39. The first kappa shape index (κ1) is 16.4. The summed E-state index contributed by atoms with van der Waals surface area (Å²) in [6.45, 7) is 5.69. The molecule has 4 nitrogen and oxygen atoms in total. The molecule has 0 aliphatic rings. The number of para-hydroxylation sites is 1. The van der Waals surface area contributed by atoms with Gasteiger partial charge in [-0.2, -0.15) is 0 Å². The molecule has 0 aliphatic heterocycles. The van der Waals surface area contributed by atoms with Gasteiger partial charge in [0.1, 0.15) is 5.75 Å². The molecule has 0 spiro atoms. The van der Waals surface area contributed by atoms with Gasteiger partial charge < -0.3 is 4.74 Å². The van der Waals surface area contributed by atoms with Gasteiger partial charge in [0.15, 0.2) is 0 Å². The molecule has 0 bridgehead atoms. The van der Waals surface area contributed by atoms with E-state index in [1.54, 1.807) is 7.11 Å². The average molecular weight is 321 g/mol. The molecule has 0 saturated carbocycles. The van der Waals surface area contributed by atoms with Crippen LogP contribution in [0.5, 0.6) is 5.75 Å². The largest absolute Gasteiger partial charge is 0.496 e. The van der Waals surface area contributed by atoms with E-state index in [0.717, 1.165) is 41.2 Å². The molecule has 3 aromatic rings. The zero-order valence-electron chi connectivity index (χ0n) is 14.7. The first-order valence-corrected chi connectivity index (χ1v) is 8.09.